The number of esters is 1. The van der Waals surface area contributed by atoms with Crippen molar-refractivity contribution in [3.63, 3.8) is 0 Å². The van der Waals surface area contributed by atoms with Crippen molar-refractivity contribution in [1.29, 1.82) is 0 Å². The van der Waals surface area contributed by atoms with Gasteiger partial charge in [0, 0.05) is 19.0 Å². The Morgan fingerprint density at radius 2 is 1.93 bits per heavy atom. The first-order valence-corrected chi connectivity index (χ1v) is 9.23. The summed E-state index contributed by atoms with van der Waals surface area (Å²) in [4.78, 5) is 39.1. The van der Waals surface area contributed by atoms with Gasteiger partial charge in [-0.05, 0) is 19.1 Å². The van der Waals surface area contributed by atoms with Crippen molar-refractivity contribution in [3.8, 4) is 5.75 Å². The third-order valence-corrected chi connectivity index (χ3v) is 4.15. The Kier molecular flexibility index (Phi) is 8.37. The standard InChI is InChI=1S/C18H21N3O6S/c1-12-3-5-13(6-4-12)26-10-16-20-14(11-28-16)17(23)27-9-15(22)21-18(24)19-7-8-25-2/h3-6,11H,7-10H2,1-2H3,(H2,19,21,22,24). The Labute approximate surface area is 166 Å². The number of aryl methyl sites for hydroxylation is 1. The van der Waals surface area contributed by atoms with Crippen molar-refractivity contribution in [2.45, 2.75) is 13.5 Å². The number of urea groups is 1. The molecule has 3 amide bonds. The van der Waals surface area contributed by atoms with Gasteiger partial charge in [-0.1, -0.05) is 17.7 Å². The zero-order valence-electron chi connectivity index (χ0n) is 15.5. The Morgan fingerprint density at radius 3 is 2.64 bits per heavy atom. The molecule has 150 valence electrons. The molecule has 0 aliphatic heterocycles. The van der Waals surface area contributed by atoms with Crippen LogP contribution in [-0.4, -0.2) is 49.8 Å². The van der Waals surface area contributed by atoms with E-state index in [2.05, 4.69) is 10.3 Å². The maximum absolute atomic E-state index is 12.0. The molecule has 1 aromatic carbocycles. The SMILES string of the molecule is COCCNC(=O)NC(=O)COC(=O)c1csc(COc2ccc(C)cc2)n1. The molecule has 28 heavy (non-hydrogen) atoms. The monoisotopic (exact) mass is 407 g/mol. The number of imide groups is 1. The lowest BCUT2D eigenvalue weighted by molar-refractivity contribution is -0.123. The fourth-order valence-corrected chi connectivity index (χ4v) is 2.60. The fourth-order valence-electron chi connectivity index (χ4n) is 1.93. The smallest absolute Gasteiger partial charge is 0.358 e. The number of thiazole rings is 1. The molecule has 0 atom stereocenters. The Balaban J connectivity index is 1.73. The zero-order valence-corrected chi connectivity index (χ0v) is 16.3. The number of nitrogens with zero attached hydrogens (tertiary/aromatic N) is 1. The second-order valence-corrected chi connectivity index (χ2v) is 6.54. The van der Waals surface area contributed by atoms with Gasteiger partial charge < -0.3 is 19.5 Å². The minimum absolute atomic E-state index is 0.0739. The zero-order chi connectivity index (χ0) is 20.4. The Hall–Kier alpha value is -2.98. The van der Waals surface area contributed by atoms with Gasteiger partial charge in [-0.3, -0.25) is 10.1 Å². The topological polar surface area (TPSA) is 116 Å². The number of hydrogen-bond acceptors (Lipinski definition) is 8. The van der Waals surface area contributed by atoms with E-state index in [0.29, 0.717) is 17.4 Å². The van der Waals surface area contributed by atoms with Gasteiger partial charge in [-0.25, -0.2) is 14.6 Å². The van der Waals surface area contributed by atoms with Crippen LogP contribution in [0.25, 0.3) is 0 Å². The molecule has 0 fully saturated rings. The number of methoxy groups -OCH3 is 1. The summed E-state index contributed by atoms with van der Waals surface area (Å²) in [5, 5.41) is 6.55. The van der Waals surface area contributed by atoms with E-state index in [1.54, 1.807) is 0 Å². The highest BCUT2D eigenvalue weighted by molar-refractivity contribution is 7.09. The molecular formula is C18H21N3O6S. The molecule has 0 bridgehead atoms. The molecule has 2 aromatic rings. The number of nitrogens with one attached hydrogen (secondary N) is 2. The number of amides is 3. The highest BCUT2D eigenvalue weighted by Crippen LogP contribution is 2.16. The lowest BCUT2D eigenvalue weighted by Gasteiger charge is -2.06. The van der Waals surface area contributed by atoms with Crippen LogP contribution in [0.4, 0.5) is 4.79 Å². The van der Waals surface area contributed by atoms with Gasteiger partial charge >= 0.3 is 12.0 Å². The summed E-state index contributed by atoms with van der Waals surface area (Å²) in [6.45, 7) is 2.17. The van der Waals surface area contributed by atoms with Crippen molar-refractivity contribution in [1.82, 2.24) is 15.6 Å². The average molecular weight is 407 g/mol. The molecule has 10 heteroatoms. The molecule has 0 saturated carbocycles. The fraction of sp³-hybridized carbons (Fsp3) is 0.333. The molecule has 1 heterocycles. The first-order chi connectivity index (χ1) is 13.5. The third-order valence-electron chi connectivity index (χ3n) is 3.32. The van der Waals surface area contributed by atoms with E-state index >= 15 is 0 Å². The average Bonchev–Trinajstić information content (AvgIpc) is 3.15. The first kappa shape index (κ1) is 21.3. The van der Waals surface area contributed by atoms with E-state index in [0.717, 1.165) is 5.56 Å². The van der Waals surface area contributed by atoms with Crippen molar-refractivity contribution in [2.24, 2.45) is 0 Å². The van der Waals surface area contributed by atoms with Crippen molar-refractivity contribution in [2.75, 3.05) is 26.9 Å². The summed E-state index contributed by atoms with van der Waals surface area (Å²) < 4.78 is 15.2. The molecule has 2 rings (SSSR count). The van der Waals surface area contributed by atoms with Crippen LogP contribution in [-0.2, 0) is 20.9 Å². The summed E-state index contributed by atoms with van der Waals surface area (Å²) in [5.74, 6) is -0.806. The first-order valence-electron chi connectivity index (χ1n) is 8.35. The van der Waals surface area contributed by atoms with E-state index in [-0.39, 0.29) is 18.8 Å². The summed E-state index contributed by atoms with van der Waals surface area (Å²) in [7, 11) is 1.49. The number of carbonyl (C=O) groups excluding carboxylic acids is 3. The summed E-state index contributed by atoms with van der Waals surface area (Å²) in [6.07, 6.45) is 0. The van der Waals surface area contributed by atoms with Gasteiger partial charge in [0.05, 0.1) is 6.61 Å². The molecule has 0 aliphatic rings. The van der Waals surface area contributed by atoms with Crippen molar-refractivity contribution in [3.05, 3.63) is 45.9 Å². The second kappa shape index (κ2) is 11.0. The van der Waals surface area contributed by atoms with Crippen LogP contribution in [0.5, 0.6) is 5.75 Å². The number of rotatable bonds is 9. The van der Waals surface area contributed by atoms with Gasteiger partial charge in [0.15, 0.2) is 12.3 Å². The Bertz CT molecular complexity index is 806. The summed E-state index contributed by atoms with van der Waals surface area (Å²) in [6, 6.07) is 6.87. The van der Waals surface area contributed by atoms with Crippen LogP contribution in [0.2, 0.25) is 0 Å². The summed E-state index contributed by atoms with van der Waals surface area (Å²) in [5.41, 5.74) is 1.20. The summed E-state index contributed by atoms with van der Waals surface area (Å²) >= 11 is 1.24. The number of ether oxygens (including phenoxy) is 3. The molecule has 9 nitrogen and oxygen atoms in total. The highest BCUT2D eigenvalue weighted by Gasteiger charge is 2.15. The van der Waals surface area contributed by atoms with Gasteiger partial charge in [0.25, 0.3) is 5.91 Å². The molecule has 0 radical (unpaired) electrons. The molecule has 0 spiro atoms. The van der Waals surface area contributed by atoms with Crippen LogP contribution in [0.15, 0.2) is 29.6 Å². The molecule has 2 N–H and O–H groups in total. The predicted molar refractivity (Wildman–Crippen MR) is 101 cm³/mol. The van der Waals surface area contributed by atoms with E-state index in [1.807, 2.05) is 36.5 Å². The quantitative estimate of drug-likeness (QED) is 0.480. The van der Waals surface area contributed by atoms with Gasteiger partial charge in [-0.2, -0.15) is 0 Å². The van der Waals surface area contributed by atoms with Crippen LogP contribution in [0.3, 0.4) is 0 Å². The van der Waals surface area contributed by atoms with Crippen LogP contribution < -0.4 is 15.4 Å². The van der Waals surface area contributed by atoms with E-state index < -0.39 is 24.5 Å². The normalized spacial score (nSPS) is 10.2. The largest absolute Gasteiger partial charge is 0.486 e. The minimum Gasteiger partial charge on any atom is -0.486 e. The van der Waals surface area contributed by atoms with E-state index in [4.69, 9.17) is 14.2 Å². The molecule has 0 unspecified atom stereocenters. The van der Waals surface area contributed by atoms with Gasteiger partial charge in [0.2, 0.25) is 0 Å². The predicted octanol–water partition coefficient (Wildman–Crippen LogP) is 1.66. The van der Waals surface area contributed by atoms with Crippen molar-refractivity contribution < 1.29 is 28.6 Å². The minimum atomic E-state index is -0.757. The van der Waals surface area contributed by atoms with Gasteiger partial charge in [-0.15, -0.1) is 11.3 Å². The highest BCUT2D eigenvalue weighted by atomic mass is 32.1. The lowest BCUT2D eigenvalue weighted by atomic mass is 10.2. The second-order valence-electron chi connectivity index (χ2n) is 5.60. The molecule has 0 saturated heterocycles. The molecule has 1 aromatic heterocycles. The molecular weight excluding hydrogens is 386 g/mol. The van der Waals surface area contributed by atoms with Crippen LogP contribution >= 0.6 is 11.3 Å². The van der Waals surface area contributed by atoms with Crippen molar-refractivity contribution >= 4 is 29.2 Å². The number of benzene rings is 1. The van der Waals surface area contributed by atoms with Crippen LogP contribution in [0, 0.1) is 6.92 Å². The Morgan fingerprint density at radius 1 is 1.18 bits per heavy atom. The lowest BCUT2D eigenvalue weighted by Crippen LogP contribution is -2.42. The number of carbonyl (C=O) groups is 3. The number of aromatic nitrogens is 1. The van der Waals surface area contributed by atoms with E-state index in [9.17, 15) is 14.4 Å². The van der Waals surface area contributed by atoms with Crippen LogP contribution in [0.1, 0.15) is 21.1 Å². The maximum Gasteiger partial charge on any atom is 0.358 e. The maximum atomic E-state index is 12.0. The number of hydrogen-bond donors (Lipinski definition) is 2. The molecule has 0 aliphatic carbocycles. The third kappa shape index (κ3) is 7.33. The van der Waals surface area contributed by atoms with Gasteiger partial charge in [0.1, 0.15) is 17.4 Å². The van der Waals surface area contributed by atoms with E-state index in [1.165, 1.54) is 23.8 Å².